The summed E-state index contributed by atoms with van der Waals surface area (Å²) in [5.74, 6) is 0. The summed E-state index contributed by atoms with van der Waals surface area (Å²) in [5, 5.41) is 11.5. The van der Waals surface area contributed by atoms with Gasteiger partial charge in [-0.1, -0.05) is 6.07 Å². The van der Waals surface area contributed by atoms with Crippen LogP contribution in [-0.4, -0.2) is 10.1 Å². The molecular formula is C13H9Br2NOS. The van der Waals surface area contributed by atoms with E-state index >= 15 is 0 Å². The average molecular weight is 387 g/mol. The number of aromatic nitrogens is 1. The van der Waals surface area contributed by atoms with Crippen LogP contribution in [0.1, 0.15) is 16.5 Å². The number of benzene rings is 1. The second kappa shape index (κ2) is 4.81. The Morgan fingerprint density at radius 2 is 2.00 bits per heavy atom. The van der Waals surface area contributed by atoms with Crippen LogP contribution in [-0.2, 0) is 0 Å². The van der Waals surface area contributed by atoms with Crippen LogP contribution in [0.3, 0.4) is 0 Å². The van der Waals surface area contributed by atoms with Crippen molar-refractivity contribution >= 4 is 54.1 Å². The zero-order valence-electron chi connectivity index (χ0n) is 9.15. The molecule has 0 spiro atoms. The van der Waals surface area contributed by atoms with Gasteiger partial charge in [0.2, 0.25) is 0 Å². The van der Waals surface area contributed by atoms with Gasteiger partial charge in [-0.25, -0.2) is 0 Å². The summed E-state index contributed by atoms with van der Waals surface area (Å²) in [7, 11) is 0. The summed E-state index contributed by atoms with van der Waals surface area (Å²) in [5.41, 5.74) is 1.99. The van der Waals surface area contributed by atoms with E-state index in [1.807, 2.05) is 36.5 Å². The number of rotatable bonds is 2. The summed E-state index contributed by atoms with van der Waals surface area (Å²) in [6.07, 6.45) is 1.32. The van der Waals surface area contributed by atoms with E-state index in [1.165, 1.54) is 11.3 Å². The summed E-state index contributed by atoms with van der Waals surface area (Å²) >= 11 is 8.42. The van der Waals surface area contributed by atoms with Gasteiger partial charge in [0.1, 0.15) is 6.10 Å². The lowest BCUT2D eigenvalue weighted by atomic mass is 10.1. The van der Waals surface area contributed by atoms with E-state index < -0.39 is 6.10 Å². The predicted octanol–water partition coefficient (Wildman–Crippen LogP) is 4.84. The molecular weight excluding hydrogens is 378 g/mol. The van der Waals surface area contributed by atoms with Crippen LogP contribution in [0.4, 0.5) is 0 Å². The monoisotopic (exact) mass is 385 g/mol. The molecule has 2 aromatic heterocycles. The molecule has 0 amide bonds. The van der Waals surface area contributed by atoms with Crippen LogP contribution < -0.4 is 0 Å². The Kier molecular flexibility index (Phi) is 3.32. The topological polar surface area (TPSA) is 36.0 Å². The molecule has 3 aromatic rings. The SMILES string of the molecule is OC(c1ccc2[nH]ccc2c1)c1cc(Br)c(Br)s1. The minimum atomic E-state index is -0.586. The van der Waals surface area contributed by atoms with Crippen molar-refractivity contribution < 1.29 is 5.11 Å². The molecule has 0 radical (unpaired) electrons. The van der Waals surface area contributed by atoms with Crippen molar-refractivity contribution in [2.45, 2.75) is 6.10 Å². The Bertz CT molecular complexity index is 684. The lowest BCUT2D eigenvalue weighted by Crippen LogP contribution is -1.96. The third-order valence-electron chi connectivity index (χ3n) is 2.83. The second-order valence-electron chi connectivity index (χ2n) is 4.00. The van der Waals surface area contributed by atoms with E-state index in [0.717, 1.165) is 29.6 Å². The first-order chi connectivity index (χ1) is 8.65. The van der Waals surface area contributed by atoms with Crippen LogP contribution in [0.2, 0.25) is 0 Å². The average Bonchev–Trinajstić information content (AvgIpc) is 2.95. The number of hydrogen-bond donors (Lipinski definition) is 2. The van der Waals surface area contributed by atoms with Gasteiger partial charge in [0.25, 0.3) is 0 Å². The Morgan fingerprint density at radius 3 is 2.72 bits per heavy atom. The van der Waals surface area contributed by atoms with Gasteiger partial charge in [-0.05, 0) is 67.1 Å². The lowest BCUT2D eigenvalue weighted by Gasteiger charge is -2.08. The van der Waals surface area contributed by atoms with Gasteiger partial charge in [-0.3, -0.25) is 0 Å². The molecule has 0 bridgehead atoms. The summed E-state index contributed by atoms with van der Waals surface area (Å²) in [6, 6.07) is 9.90. The number of nitrogens with one attached hydrogen (secondary N) is 1. The minimum Gasteiger partial charge on any atom is -0.383 e. The molecule has 1 atom stereocenters. The third kappa shape index (κ3) is 2.16. The van der Waals surface area contributed by atoms with Gasteiger partial charge in [-0.2, -0.15) is 0 Å². The van der Waals surface area contributed by atoms with E-state index in [9.17, 15) is 5.11 Å². The molecule has 0 saturated heterocycles. The molecule has 2 heterocycles. The maximum absolute atomic E-state index is 10.4. The standard InChI is InChI=1S/C13H9Br2NOS/c14-9-6-11(18-13(9)15)12(17)8-1-2-10-7(5-8)3-4-16-10/h1-6,12,16-17H. The number of fused-ring (bicyclic) bond motifs is 1. The molecule has 0 aliphatic rings. The van der Waals surface area contributed by atoms with Crippen molar-refractivity contribution in [1.29, 1.82) is 0 Å². The maximum Gasteiger partial charge on any atom is 0.113 e. The zero-order chi connectivity index (χ0) is 12.7. The fourth-order valence-electron chi connectivity index (χ4n) is 1.90. The smallest absolute Gasteiger partial charge is 0.113 e. The number of halogens is 2. The highest BCUT2D eigenvalue weighted by molar-refractivity contribution is 9.13. The number of aliphatic hydroxyl groups excluding tert-OH is 1. The number of aliphatic hydroxyl groups is 1. The number of thiophene rings is 1. The molecule has 3 rings (SSSR count). The molecule has 0 fully saturated rings. The zero-order valence-corrected chi connectivity index (χ0v) is 13.1. The van der Waals surface area contributed by atoms with Crippen LogP contribution in [0.25, 0.3) is 10.9 Å². The first kappa shape index (κ1) is 12.4. The summed E-state index contributed by atoms with van der Waals surface area (Å²) < 4.78 is 1.98. The van der Waals surface area contributed by atoms with E-state index in [1.54, 1.807) is 0 Å². The number of aromatic amines is 1. The van der Waals surface area contributed by atoms with Crippen LogP contribution >= 0.6 is 43.2 Å². The highest BCUT2D eigenvalue weighted by Crippen LogP contribution is 2.37. The quantitative estimate of drug-likeness (QED) is 0.649. The van der Waals surface area contributed by atoms with Gasteiger partial charge in [-0.15, -0.1) is 11.3 Å². The Labute approximate surface area is 125 Å². The van der Waals surface area contributed by atoms with E-state index in [0.29, 0.717) is 0 Å². The lowest BCUT2D eigenvalue weighted by molar-refractivity contribution is 0.224. The summed E-state index contributed by atoms with van der Waals surface area (Å²) in [6.45, 7) is 0. The molecule has 0 aliphatic carbocycles. The van der Waals surface area contributed by atoms with Crippen LogP contribution in [0, 0.1) is 0 Å². The van der Waals surface area contributed by atoms with Crippen molar-refractivity contribution in [3.63, 3.8) is 0 Å². The molecule has 0 saturated carbocycles. The van der Waals surface area contributed by atoms with Crippen LogP contribution in [0.15, 0.2) is 44.8 Å². The van der Waals surface area contributed by atoms with Crippen molar-refractivity contribution in [3.8, 4) is 0 Å². The van der Waals surface area contributed by atoms with Crippen LogP contribution in [0.5, 0.6) is 0 Å². The van der Waals surface area contributed by atoms with Gasteiger partial charge >= 0.3 is 0 Å². The molecule has 0 aliphatic heterocycles. The number of H-pyrrole nitrogens is 1. The number of hydrogen-bond acceptors (Lipinski definition) is 2. The maximum atomic E-state index is 10.4. The molecule has 2 N–H and O–H groups in total. The van der Waals surface area contributed by atoms with Gasteiger partial charge in [0.15, 0.2) is 0 Å². The van der Waals surface area contributed by atoms with E-state index in [2.05, 4.69) is 36.8 Å². The molecule has 92 valence electrons. The van der Waals surface area contributed by atoms with E-state index in [4.69, 9.17) is 0 Å². The Hall–Kier alpha value is -0.620. The predicted molar refractivity (Wildman–Crippen MR) is 82.1 cm³/mol. The van der Waals surface area contributed by atoms with Gasteiger partial charge in [0.05, 0.1) is 3.79 Å². The molecule has 1 aromatic carbocycles. The molecule has 2 nitrogen and oxygen atoms in total. The first-order valence-corrected chi connectivity index (χ1v) is 7.75. The highest BCUT2D eigenvalue weighted by atomic mass is 79.9. The molecule has 18 heavy (non-hydrogen) atoms. The largest absolute Gasteiger partial charge is 0.383 e. The van der Waals surface area contributed by atoms with Gasteiger partial charge in [0, 0.05) is 21.1 Å². The minimum absolute atomic E-state index is 0.586. The Morgan fingerprint density at radius 1 is 1.17 bits per heavy atom. The van der Waals surface area contributed by atoms with Crippen molar-refractivity contribution in [2.75, 3.05) is 0 Å². The van der Waals surface area contributed by atoms with Crippen molar-refractivity contribution in [1.82, 2.24) is 4.98 Å². The van der Waals surface area contributed by atoms with E-state index in [-0.39, 0.29) is 0 Å². The molecule has 5 heteroatoms. The highest BCUT2D eigenvalue weighted by Gasteiger charge is 2.15. The summed E-state index contributed by atoms with van der Waals surface area (Å²) in [4.78, 5) is 4.06. The fourth-order valence-corrected chi connectivity index (χ4v) is 4.01. The van der Waals surface area contributed by atoms with Crippen molar-refractivity contribution in [3.05, 3.63) is 55.2 Å². The van der Waals surface area contributed by atoms with Gasteiger partial charge < -0.3 is 10.1 Å². The second-order valence-corrected chi connectivity index (χ2v) is 7.25. The normalized spacial score (nSPS) is 13.1. The first-order valence-electron chi connectivity index (χ1n) is 5.35. The Balaban J connectivity index is 2.02. The third-order valence-corrected chi connectivity index (χ3v) is 6.14. The fraction of sp³-hybridized carbons (Fsp3) is 0.0769. The molecule has 1 unspecified atom stereocenters. The van der Waals surface area contributed by atoms with Crippen molar-refractivity contribution in [2.24, 2.45) is 0 Å².